The molecule has 3 heterocycles. The number of aryl methyl sites for hydroxylation is 2. The van der Waals surface area contributed by atoms with Crippen LogP contribution < -0.4 is 11.0 Å². The van der Waals surface area contributed by atoms with Crippen molar-refractivity contribution >= 4 is 11.6 Å². The van der Waals surface area contributed by atoms with Gasteiger partial charge in [-0.2, -0.15) is 0 Å². The summed E-state index contributed by atoms with van der Waals surface area (Å²) in [6.07, 6.45) is 1.59. The second-order valence-electron chi connectivity index (χ2n) is 6.25. The molecule has 8 heteroatoms. The summed E-state index contributed by atoms with van der Waals surface area (Å²) in [7, 11) is 0. The molecule has 1 amide bonds. The maximum absolute atomic E-state index is 12.2. The van der Waals surface area contributed by atoms with Gasteiger partial charge in [-0.05, 0) is 39.0 Å². The summed E-state index contributed by atoms with van der Waals surface area (Å²) in [6.45, 7) is 4.92. The van der Waals surface area contributed by atoms with Crippen molar-refractivity contribution in [3.63, 3.8) is 0 Å². The number of amides is 1. The van der Waals surface area contributed by atoms with Gasteiger partial charge in [0.15, 0.2) is 5.65 Å². The Morgan fingerprint density at radius 3 is 2.80 bits per heavy atom. The summed E-state index contributed by atoms with van der Waals surface area (Å²) < 4.78 is 7.87. The van der Waals surface area contributed by atoms with Gasteiger partial charge in [0.25, 0.3) is 0 Å². The average Bonchev–Trinajstić information content (AvgIpc) is 3.06. The highest BCUT2D eigenvalue weighted by Gasteiger charge is 2.28. The fraction of sp³-hybridized carbons (Fsp3) is 0.353. The molecule has 0 saturated carbocycles. The van der Waals surface area contributed by atoms with Gasteiger partial charge in [0.05, 0.1) is 6.54 Å². The Balaban J connectivity index is 1.69. The van der Waals surface area contributed by atoms with Crippen molar-refractivity contribution in [1.82, 2.24) is 19.5 Å². The number of furan rings is 1. The van der Waals surface area contributed by atoms with Crippen molar-refractivity contribution in [2.45, 2.75) is 32.9 Å². The number of aromatic nitrogens is 3. The van der Waals surface area contributed by atoms with Gasteiger partial charge in [0.2, 0.25) is 5.91 Å². The first-order valence-corrected chi connectivity index (χ1v) is 7.89. The molecule has 0 aliphatic rings. The zero-order chi connectivity index (χ0) is 18.2. The number of pyridine rings is 1. The highest BCUT2D eigenvalue weighted by atomic mass is 16.3. The maximum atomic E-state index is 12.2. The largest absolute Gasteiger partial charge is 0.466 e. The molecule has 3 rings (SSSR count). The van der Waals surface area contributed by atoms with Crippen LogP contribution in [0.4, 0.5) is 0 Å². The van der Waals surface area contributed by atoms with Gasteiger partial charge >= 0.3 is 5.69 Å². The highest BCUT2D eigenvalue weighted by Crippen LogP contribution is 2.26. The van der Waals surface area contributed by atoms with Crippen LogP contribution in [0.25, 0.3) is 5.65 Å². The molecule has 2 N–H and O–H groups in total. The first-order valence-electron chi connectivity index (χ1n) is 7.89. The van der Waals surface area contributed by atoms with E-state index in [1.807, 2.05) is 0 Å². The molecule has 3 aromatic rings. The number of carbonyl (C=O) groups is 1. The summed E-state index contributed by atoms with van der Waals surface area (Å²) in [5.74, 6) is 0.882. The van der Waals surface area contributed by atoms with E-state index in [2.05, 4.69) is 10.4 Å². The minimum Gasteiger partial charge on any atom is -0.466 e. The molecule has 0 spiro atoms. The third-order valence-corrected chi connectivity index (χ3v) is 4.03. The third-order valence-electron chi connectivity index (χ3n) is 4.03. The van der Waals surface area contributed by atoms with E-state index in [-0.39, 0.29) is 18.8 Å². The first-order chi connectivity index (χ1) is 11.8. The Labute approximate surface area is 143 Å². The van der Waals surface area contributed by atoms with Crippen LogP contribution in [-0.2, 0) is 16.9 Å². The zero-order valence-corrected chi connectivity index (χ0v) is 14.3. The van der Waals surface area contributed by atoms with Gasteiger partial charge in [-0.3, -0.25) is 9.20 Å². The molecular weight excluding hydrogens is 324 g/mol. The van der Waals surface area contributed by atoms with Crippen LogP contribution >= 0.6 is 0 Å². The highest BCUT2D eigenvalue weighted by molar-refractivity contribution is 5.75. The van der Waals surface area contributed by atoms with Crippen LogP contribution in [0.2, 0.25) is 0 Å². The number of nitrogens with one attached hydrogen (secondary N) is 1. The first kappa shape index (κ1) is 17.0. The Morgan fingerprint density at radius 2 is 2.16 bits per heavy atom. The molecule has 1 atom stereocenters. The lowest BCUT2D eigenvalue weighted by molar-refractivity contribution is -0.123. The number of nitrogens with zero attached hydrogens (tertiary/aromatic N) is 3. The van der Waals surface area contributed by atoms with Crippen molar-refractivity contribution in [1.29, 1.82) is 0 Å². The lowest BCUT2D eigenvalue weighted by Crippen LogP contribution is -2.41. The number of rotatable bonds is 5. The predicted molar refractivity (Wildman–Crippen MR) is 90.2 cm³/mol. The van der Waals surface area contributed by atoms with Crippen molar-refractivity contribution in [3.05, 3.63) is 58.0 Å². The molecule has 3 aromatic heterocycles. The van der Waals surface area contributed by atoms with Gasteiger partial charge < -0.3 is 14.8 Å². The van der Waals surface area contributed by atoms with E-state index in [0.717, 1.165) is 4.68 Å². The average molecular weight is 344 g/mol. The lowest BCUT2D eigenvalue weighted by Gasteiger charge is -2.23. The second kappa shape index (κ2) is 6.21. The topological polar surface area (TPSA) is 102 Å². The Hall–Kier alpha value is -2.87. The summed E-state index contributed by atoms with van der Waals surface area (Å²) in [6, 6.07) is 6.91. The smallest absolute Gasteiger partial charge is 0.350 e. The predicted octanol–water partition coefficient (Wildman–Crippen LogP) is 0.730. The van der Waals surface area contributed by atoms with Crippen LogP contribution in [0.3, 0.4) is 0 Å². The minimum absolute atomic E-state index is 0.00618. The summed E-state index contributed by atoms with van der Waals surface area (Å²) >= 11 is 0. The van der Waals surface area contributed by atoms with E-state index in [4.69, 9.17) is 4.42 Å². The summed E-state index contributed by atoms with van der Waals surface area (Å²) in [5.41, 5.74) is -0.577. The molecule has 0 fully saturated rings. The number of hydrogen-bond acceptors (Lipinski definition) is 5. The maximum Gasteiger partial charge on any atom is 0.350 e. The molecular formula is C17H20N4O4. The van der Waals surface area contributed by atoms with E-state index in [1.54, 1.807) is 51.2 Å². The molecule has 132 valence electrons. The third kappa shape index (κ3) is 3.34. The van der Waals surface area contributed by atoms with Gasteiger partial charge in [0, 0.05) is 11.8 Å². The molecule has 0 bridgehead atoms. The van der Waals surface area contributed by atoms with E-state index in [9.17, 15) is 14.7 Å². The lowest BCUT2D eigenvalue weighted by atomic mass is 9.96. The molecule has 0 radical (unpaired) electrons. The SMILES string of the molecule is Cc1cc([C@@](C)(O)CNC(=O)Cn2nc3ccccn3c2=O)c(C)o1. The van der Waals surface area contributed by atoms with Crippen LogP contribution in [0, 0.1) is 13.8 Å². The van der Waals surface area contributed by atoms with Crippen molar-refractivity contribution in [3.8, 4) is 0 Å². The standard InChI is InChI=1S/C17H20N4O4/c1-11-8-13(12(2)25-11)17(3,24)10-18-15(22)9-21-16(23)20-7-5-4-6-14(20)19-21/h4-8,24H,9-10H2,1-3H3,(H,18,22)/t17-/m0/s1. The van der Waals surface area contributed by atoms with Gasteiger partial charge in [-0.25, -0.2) is 9.48 Å². The van der Waals surface area contributed by atoms with Crippen LogP contribution in [0.5, 0.6) is 0 Å². The van der Waals surface area contributed by atoms with Crippen LogP contribution in [-0.4, -0.2) is 31.7 Å². The number of hydrogen-bond donors (Lipinski definition) is 2. The van der Waals surface area contributed by atoms with E-state index < -0.39 is 11.5 Å². The molecule has 0 aromatic carbocycles. The fourth-order valence-corrected chi connectivity index (χ4v) is 2.79. The van der Waals surface area contributed by atoms with Crippen molar-refractivity contribution in [2.24, 2.45) is 0 Å². The molecule has 0 aliphatic carbocycles. The monoisotopic (exact) mass is 344 g/mol. The molecule has 0 aliphatic heterocycles. The van der Waals surface area contributed by atoms with E-state index in [1.165, 1.54) is 4.40 Å². The molecule has 0 saturated heterocycles. The van der Waals surface area contributed by atoms with E-state index >= 15 is 0 Å². The van der Waals surface area contributed by atoms with Gasteiger partial charge in [-0.15, -0.1) is 5.10 Å². The normalized spacial score (nSPS) is 13.8. The Bertz CT molecular complexity index is 980. The summed E-state index contributed by atoms with van der Waals surface area (Å²) in [5, 5.41) is 17.3. The second-order valence-corrected chi connectivity index (χ2v) is 6.25. The van der Waals surface area contributed by atoms with E-state index in [0.29, 0.717) is 22.7 Å². The zero-order valence-electron chi connectivity index (χ0n) is 14.3. The van der Waals surface area contributed by atoms with Crippen LogP contribution in [0.15, 0.2) is 39.7 Å². The van der Waals surface area contributed by atoms with Crippen LogP contribution in [0.1, 0.15) is 24.0 Å². The minimum atomic E-state index is -1.28. The summed E-state index contributed by atoms with van der Waals surface area (Å²) in [4.78, 5) is 24.3. The molecule has 8 nitrogen and oxygen atoms in total. The van der Waals surface area contributed by atoms with Crippen molar-refractivity contribution in [2.75, 3.05) is 6.54 Å². The van der Waals surface area contributed by atoms with Gasteiger partial charge in [-0.1, -0.05) is 6.07 Å². The number of fused-ring (bicyclic) bond motifs is 1. The number of aliphatic hydroxyl groups is 1. The molecule has 25 heavy (non-hydrogen) atoms. The number of carbonyl (C=O) groups excluding carboxylic acids is 1. The van der Waals surface area contributed by atoms with Gasteiger partial charge in [0.1, 0.15) is 23.7 Å². The van der Waals surface area contributed by atoms with Crippen molar-refractivity contribution < 1.29 is 14.3 Å². The molecule has 0 unspecified atom stereocenters. The Kier molecular flexibility index (Phi) is 4.22. The quantitative estimate of drug-likeness (QED) is 0.710. The fourth-order valence-electron chi connectivity index (χ4n) is 2.79. The Morgan fingerprint density at radius 1 is 1.40 bits per heavy atom.